The number of aromatic nitrogens is 1. The molecule has 1 heterocycles. The second-order valence-corrected chi connectivity index (χ2v) is 4.75. The predicted molar refractivity (Wildman–Crippen MR) is 80.7 cm³/mol. The number of pyridine rings is 1. The van der Waals surface area contributed by atoms with Gasteiger partial charge in [0.1, 0.15) is 5.75 Å². The Bertz CT molecular complexity index is 482. The fraction of sp³-hybridized carbons (Fsp3) is 0.353. The van der Waals surface area contributed by atoms with Crippen molar-refractivity contribution >= 4 is 0 Å². The van der Waals surface area contributed by atoms with Gasteiger partial charge >= 0.3 is 0 Å². The summed E-state index contributed by atoms with van der Waals surface area (Å²) in [7, 11) is 0. The average molecular weight is 271 g/mol. The van der Waals surface area contributed by atoms with Crippen molar-refractivity contribution in [3.63, 3.8) is 0 Å². The molecule has 0 unspecified atom stereocenters. The summed E-state index contributed by atoms with van der Waals surface area (Å²) in [5, 5.41) is 8.69. The number of hydrogen-bond donors (Lipinski definition) is 1. The minimum absolute atomic E-state index is 0.289. The van der Waals surface area contributed by atoms with Crippen molar-refractivity contribution in [2.24, 2.45) is 0 Å². The molecule has 0 atom stereocenters. The first-order chi connectivity index (χ1) is 9.90. The van der Waals surface area contributed by atoms with Gasteiger partial charge in [0.15, 0.2) is 0 Å². The normalized spacial score (nSPS) is 10.4. The molecule has 1 aromatic heterocycles. The Hall–Kier alpha value is -1.87. The second kappa shape index (κ2) is 8.33. The van der Waals surface area contributed by atoms with Crippen molar-refractivity contribution < 1.29 is 9.84 Å². The third-order valence-corrected chi connectivity index (χ3v) is 3.19. The number of rotatable bonds is 8. The molecule has 0 saturated heterocycles. The van der Waals surface area contributed by atoms with Gasteiger partial charge in [-0.1, -0.05) is 18.6 Å². The Labute approximate surface area is 120 Å². The minimum atomic E-state index is 0.289. The predicted octanol–water partition coefficient (Wildman–Crippen LogP) is 3.68. The summed E-state index contributed by atoms with van der Waals surface area (Å²) in [6.45, 7) is 1.03. The van der Waals surface area contributed by atoms with Gasteiger partial charge in [-0.3, -0.25) is 4.98 Å². The van der Waals surface area contributed by atoms with Crippen molar-refractivity contribution in [2.75, 3.05) is 13.2 Å². The van der Waals surface area contributed by atoms with E-state index in [1.165, 1.54) is 5.56 Å². The molecule has 3 nitrogen and oxygen atoms in total. The molecule has 0 saturated carbocycles. The summed E-state index contributed by atoms with van der Waals surface area (Å²) < 4.78 is 5.70. The standard InChI is InChI=1S/C17H21NO2/c19-13-3-1-2-4-14-20-17-7-5-15(6-8-17)16-9-11-18-12-10-16/h5-12,19H,1-4,13-14H2. The fourth-order valence-corrected chi connectivity index (χ4v) is 2.05. The summed E-state index contributed by atoms with van der Waals surface area (Å²) in [6, 6.07) is 12.1. The fourth-order valence-electron chi connectivity index (χ4n) is 2.05. The Morgan fingerprint density at radius 3 is 2.15 bits per heavy atom. The zero-order valence-corrected chi connectivity index (χ0v) is 11.7. The third-order valence-electron chi connectivity index (χ3n) is 3.19. The molecule has 0 fully saturated rings. The third kappa shape index (κ3) is 4.67. The quantitative estimate of drug-likeness (QED) is 0.745. The molecule has 1 aromatic carbocycles. The molecule has 0 aliphatic rings. The number of aliphatic hydroxyl groups excluding tert-OH is 1. The summed E-state index contributed by atoms with van der Waals surface area (Å²) in [5.41, 5.74) is 2.33. The van der Waals surface area contributed by atoms with Gasteiger partial charge in [0.25, 0.3) is 0 Å². The summed E-state index contributed by atoms with van der Waals surface area (Å²) in [6.07, 6.45) is 7.70. The number of hydrogen-bond acceptors (Lipinski definition) is 3. The van der Waals surface area contributed by atoms with Crippen LogP contribution in [0.15, 0.2) is 48.8 Å². The van der Waals surface area contributed by atoms with Gasteiger partial charge in [-0.05, 0) is 54.7 Å². The molecule has 3 heteroatoms. The van der Waals surface area contributed by atoms with Gasteiger partial charge in [0.05, 0.1) is 6.61 Å². The maximum absolute atomic E-state index is 8.69. The van der Waals surface area contributed by atoms with E-state index >= 15 is 0 Å². The van der Waals surface area contributed by atoms with E-state index in [1.54, 1.807) is 12.4 Å². The molecule has 0 aliphatic heterocycles. The zero-order chi connectivity index (χ0) is 14.0. The zero-order valence-electron chi connectivity index (χ0n) is 11.7. The molecular weight excluding hydrogens is 250 g/mol. The Morgan fingerprint density at radius 1 is 0.800 bits per heavy atom. The van der Waals surface area contributed by atoms with E-state index in [4.69, 9.17) is 9.84 Å². The van der Waals surface area contributed by atoms with Gasteiger partial charge in [-0.15, -0.1) is 0 Å². The van der Waals surface area contributed by atoms with Crippen LogP contribution in [-0.2, 0) is 0 Å². The molecule has 0 bridgehead atoms. The molecule has 106 valence electrons. The van der Waals surface area contributed by atoms with E-state index < -0.39 is 0 Å². The SMILES string of the molecule is OCCCCCCOc1ccc(-c2ccncc2)cc1. The summed E-state index contributed by atoms with van der Waals surface area (Å²) in [5.74, 6) is 0.907. The maximum atomic E-state index is 8.69. The largest absolute Gasteiger partial charge is 0.494 e. The smallest absolute Gasteiger partial charge is 0.119 e. The number of benzene rings is 1. The molecule has 0 spiro atoms. The van der Waals surface area contributed by atoms with Crippen LogP contribution in [0.2, 0.25) is 0 Å². The summed E-state index contributed by atoms with van der Waals surface area (Å²) in [4.78, 5) is 4.02. The van der Waals surface area contributed by atoms with E-state index in [1.807, 2.05) is 24.3 Å². The van der Waals surface area contributed by atoms with Crippen LogP contribution in [0.25, 0.3) is 11.1 Å². The lowest BCUT2D eigenvalue weighted by molar-refractivity contribution is 0.273. The second-order valence-electron chi connectivity index (χ2n) is 4.75. The van der Waals surface area contributed by atoms with Crippen LogP contribution in [0.5, 0.6) is 5.75 Å². The number of unbranched alkanes of at least 4 members (excludes halogenated alkanes) is 3. The number of nitrogens with zero attached hydrogens (tertiary/aromatic N) is 1. The molecule has 2 rings (SSSR count). The van der Waals surface area contributed by atoms with E-state index in [-0.39, 0.29) is 6.61 Å². The van der Waals surface area contributed by atoms with Crippen molar-refractivity contribution in [2.45, 2.75) is 25.7 Å². The van der Waals surface area contributed by atoms with E-state index in [0.29, 0.717) is 0 Å². The molecule has 0 amide bonds. The van der Waals surface area contributed by atoms with Gasteiger partial charge in [-0.25, -0.2) is 0 Å². The highest BCUT2D eigenvalue weighted by Gasteiger charge is 1.98. The Kier molecular flexibility index (Phi) is 6.06. The molecule has 0 radical (unpaired) electrons. The average Bonchev–Trinajstić information content (AvgIpc) is 2.52. The molecule has 0 aliphatic carbocycles. The van der Waals surface area contributed by atoms with E-state index in [2.05, 4.69) is 17.1 Å². The van der Waals surface area contributed by atoms with E-state index in [9.17, 15) is 0 Å². The van der Waals surface area contributed by atoms with Crippen molar-refractivity contribution in [3.05, 3.63) is 48.8 Å². The lowest BCUT2D eigenvalue weighted by Gasteiger charge is -2.07. The van der Waals surface area contributed by atoms with Crippen LogP contribution in [0, 0.1) is 0 Å². The highest BCUT2D eigenvalue weighted by Crippen LogP contribution is 2.21. The van der Waals surface area contributed by atoms with Crippen LogP contribution in [0.1, 0.15) is 25.7 Å². The first-order valence-corrected chi connectivity index (χ1v) is 7.14. The first-order valence-electron chi connectivity index (χ1n) is 7.14. The van der Waals surface area contributed by atoms with Crippen LogP contribution >= 0.6 is 0 Å². The highest BCUT2D eigenvalue weighted by atomic mass is 16.5. The molecule has 2 aromatic rings. The van der Waals surface area contributed by atoms with Gasteiger partial charge in [-0.2, -0.15) is 0 Å². The topological polar surface area (TPSA) is 42.4 Å². The lowest BCUT2D eigenvalue weighted by atomic mass is 10.1. The van der Waals surface area contributed by atoms with Crippen molar-refractivity contribution in [1.29, 1.82) is 0 Å². The maximum Gasteiger partial charge on any atom is 0.119 e. The van der Waals surface area contributed by atoms with Crippen molar-refractivity contribution in [3.8, 4) is 16.9 Å². The summed E-state index contributed by atoms with van der Waals surface area (Å²) >= 11 is 0. The van der Waals surface area contributed by atoms with Crippen molar-refractivity contribution in [1.82, 2.24) is 4.98 Å². The van der Waals surface area contributed by atoms with E-state index in [0.717, 1.165) is 43.6 Å². The van der Waals surface area contributed by atoms with Gasteiger partial charge in [0, 0.05) is 19.0 Å². The molecular formula is C17H21NO2. The van der Waals surface area contributed by atoms with Crippen LogP contribution in [0.3, 0.4) is 0 Å². The monoisotopic (exact) mass is 271 g/mol. The van der Waals surface area contributed by atoms with Gasteiger partial charge < -0.3 is 9.84 Å². The minimum Gasteiger partial charge on any atom is -0.494 e. The first kappa shape index (κ1) is 14.5. The molecule has 1 N–H and O–H groups in total. The highest BCUT2D eigenvalue weighted by molar-refractivity contribution is 5.63. The Morgan fingerprint density at radius 2 is 1.45 bits per heavy atom. The number of aliphatic hydroxyl groups is 1. The van der Waals surface area contributed by atoms with Crippen LogP contribution < -0.4 is 4.74 Å². The number of ether oxygens (including phenoxy) is 1. The molecule has 20 heavy (non-hydrogen) atoms. The Balaban J connectivity index is 1.77. The lowest BCUT2D eigenvalue weighted by Crippen LogP contribution is -1.97. The van der Waals surface area contributed by atoms with Crippen LogP contribution in [0.4, 0.5) is 0 Å². The van der Waals surface area contributed by atoms with Crippen LogP contribution in [-0.4, -0.2) is 23.3 Å². The van der Waals surface area contributed by atoms with Gasteiger partial charge in [0.2, 0.25) is 0 Å².